The van der Waals surface area contributed by atoms with Crippen molar-refractivity contribution in [1.82, 2.24) is 4.31 Å². The summed E-state index contributed by atoms with van der Waals surface area (Å²) in [5.74, 6) is -0.277. The molecule has 0 aliphatic carbocycles. The molecule has 0 aliphatic heterocycles. The van der Waals surface area contributed by atoms with Gasteiger partial charge in [0.25, 0.3) is 0 Å². The lowest BCUT2D eigenvalue weighted by Crippen LogP contribution is -2.41. The SMILES string of the molecule is CCN(C(=O)CN(C)S(=O)(=O)c1ccc(Cl)cc1)c1cc(C)ccc1C. The molecule has 0 spiro atoms. The Labute approximate surface area is 160 Å². The first-order valence-electron chi connectivity index (χ1n) is 8.26. The summed E-state index contributed by atoms with van der Waals surface area (Å²) in [6.07, 6.45) is 0. The largest absolute Gasteiger partial charge is 0.311 e. The molecule has 0 bridgehead atoms. The fourth-order valence-corrected chi connectivity index (χ4v) is 3.88. The third-order valence-corrected chi connectivity index (χ3v) is 6.22. The number of carbonyl (C=O) groups is 1. The van der Waals surface area contributed by atoms with Gasteiger partial charge in [0.2, 0.25) is 15.9 Å². The minimum Gasteiger partial charge on any atom is -0.311 e. The smallest absolute Gasteiger partial charge is 0.243 e. The predicted molar refractivity (Wildman–Crippen MR) is 105 cm³/mol. The van der Waals surface area contributed by atoms with Crippen LogP contribution in [-0.4, -0.2) is 38.8 Å². The Bertz CT molecular complexity index is 896. The van der Waals surface area contributed by atoms with Crippen LogP contribution in [0.2, 0.25) is 5.02 Å². The number of sulfonamides is 1. The van der Waals surface area contributed by atoms with Crippen molar-refractivity contribution in [3.8, 4) is 0 Å². The number of likely N-dealkylation sites (N-methyl/N-ethyl adjacent to an activating group) is 2. The zero-order valence-corrected chi connectivity index (χ0v) is 16.9. The maximum Gasteiger partial charge on any atom is 0.243 e. The molecule has 140 valence electrons. The second kappa shape index (κ2) is 8.20. The maximum absolute atomic E-state index is 12.8. The van der Waals surface area contributed by atoms with E-state index in [1.165, 1.54) is 31.3 Å². The number of carbonyl (C=O) groups excluding carboxylic acids is 1. The molecule has 5 nitrogen and oxygen atoms in total. The Kier molecular flexibility index (Phi) is 6.44. The topological polar surface area (TPSA) is 57.7 Å². The van der Waals surface area contributed by atoms with Gasteiger partial charge in [0, 0.05) is 24.3 Å². The van der Waals surface area contributed by atoms with E-state index in [0.29, 0.717) is 11.6 Å². The van der Waals surface area contributed by atoms with E-state index in [4.69, 9.17) is 11.6 Å². The molecule has 0 aliphatic rings. The molecule has 0 heterocycles. The molecule has 0 aromatic heterocycles. The molecule has 1 amide bonds. The second-order valence-corrected chi connectivity index (χ2v) is 8.62. The van der Waals surface area contributed by atoms with Crippen LogP contribution in [-0.2, 0) is 14.8 Å². The van der Waals surface area contributed by atoms with Gasteiger partial charge in [0.05, 0.1) is 11.4 Å². The Morgan fingerprint density at radius 1 is 1.08 bits per heavy atom. The highest BCUT2D eigenvalue weighted by Crippen LogP contribution is 2.23. The molecule has 0 N–H and O–H groups in total. The Morgan fingerprint density at radius 3 is 2.27 bits per heavy atom. The van der Waals surface area contributed by atoms with Crippen molar-refractivity contribution in [3.63, 3.8) is 0 Å². The van der Waals surface area contributed by atoms with E-state index in [9.17, 15) is 13.2 Å². The molecule has 0 fully saturated rings. The van der Waals surface area contributed by atoms with Crippen LogP contribution in [0.4, 0.5) is 5.69 Å². The van der Waals surface area contributed by atoms with Crippen LogP contribution in [0.3, 0.4) is 0 Å². The van der Waals surface area contributed by atoms with Crippen LogP contribution in [0.1, 0.15) is 18.1 Å². The Morgan fingerprint density at radius 2 is 1.69 bits per heavy atom. The van der Waals surface area contributed by atoms with Crippen molar-refractivity contribution in [1.29, 1.82) is 0 Å². The molecular weight excluding hydrogens is 372 g/mol. The minimum atomic E-state index is -3.77. The monoisotopic (exact) mass is 394 g/mol. The van der Waals surface area contributed by atoms with Gasteiger partial charge in [0.15, 0.2) is 0 Å². The van der Waals surface area contributed by atoms with Gasteiger partial charge in [-0.25, -0.2) is 8.42 Å². The summed E-state index contributed by atoms with van der Waals surface area (Å²) >= 11 is 5.81. The molecule has 0 radical (unpaired) electrons. The van der Waals surface area contributed by atoms with E-state index >= 15 is 0 Å². The summed E-state index contributed by atoms with van der Waals surface area (Å²) in [7, 11) is -2.36. The molecule has 2 rings (SSSR count). The number of hydrogen-bond donors (Lipinski definition) is 0. The van der Waals surface area contributed by atoms with Crippen molar-refractivity contribution in [2.24, 2.45) is 0 Å². The highest BCUT2D eigenvalue weighted by atomic mass is 35.5. The molecule has 0 unspecified atom stereocenters. The van der Waals surface area contributed by atoms with Crippen LogP contribution in [0.25, 0.3) is 0 Å². The van der Waals surface area contributed by atoms with Crippen molar-refractivity contribution in [2.75, 3.05) is 25.0 Å². The molecular formula is C19H23ClN2O3S. The van der Waals surface area contributed by atoms with Crippen molar-refractivity contribution in [3.05, 3.63) is 58.6 Å². The molecule has 0 saturated heterocycles. The van der Waals surface area contributed by atoms with Crippen molar-refractivity contribution >= 4 is 33.2 Å². The summed E-state index contributed by atoms with van der Waals surface area (Å²) in [6, 6.07) is 11.8. The van der Waals surface area contributed by atoms with Gasteiger partial charge >= 0.3 is 0 Å². The van der Waals surface area contributed by atoms with Gasteiger partial charge in [-0.15, -0.1) is 0 Å². The lowest BCUT2D eigenvalue weighted by molar-refractivity contribution is -0.118. The number of hydrogen-bond acceptors (Lipinski definition) is 3. The fourth-order valence-electron chi connectivity index (χ4n) is 2.64. The average Bonchev–Trinajstić information content (AvgIpc) is 2.59. The van der Waals surface area contributed by atoms with Gasteiger partial charge in [-0.05, 0) is 62.2 Å². The number of rotatable bonds is 6. The molecule has 26 heavy (non-hydrogen) atoms. The number of amides is 1. The molecule has 0 atom stereocenters. The lowest BCUT2D eigenvalue weighted by atomic mass is 10.1. The lowest BCUT2D eigenvalue weighted by Gasteiger charge is -2.26. The van der Waals surface area contributed by atoms with Crippen LogP contribution in [0.5, 0.6) is 0 Å². The normalized spacial score (nSPS) is 11.6. The van der Waals surface area contributed by atoms with E-state index < -0.39 is 10.0 Å². The van der Waals surface area contributed by atoms with Crippen LogP contribution >= 0.6 is 11.6 Å². The minimum absolute atomic E-state index is 0.104. The van der Waals surface area contributed by atoms with Crippen molar-refractivity contribution < 1.29 is 13.2 Å². The highest BCUT2D eigenvalue weighted by Gasteiger charge is 2.25. The maximum atomic E-state index is 12.8. The zero-order chi connectivity index (χ0) is 19.5. The van der Waals surface area contributed by atoms with E-state index in [1.54, 1.807) is 4.90 Å². The molecule has 7 heteroatoms. The Balaban J connectivity index is 2.23. The number of anilines is 1. The molecule has 2 aromatic carbocycles. The summed E-state index contributed by atoms with van der Waals surface area (Å²) < 4.78 is 26.4. The van der Waals surface area contributed by atoms with Gasteiger partial charge in [-0.1, -0.05) is 23.7 Å². The standard InChI is InChI=1S/C19H23ClN2O3S/c1-5-22(18-12-14(2)6-7-15(18)3)19(23)13-21(4)26(24,25)17-10-8-16(20)9-11-17/h6-12H,5,13H2,1-4H3. The van der Waals surface area contributed by atoms with E-state index in [-0.39, 0.29) is 17.3 Å². The number of halogens is 1. The summed E-state index contributed by atoms with van der Waals surface area (Å²) in [5.41, 5.74) is 2.81. The van der Waals surface area contributed by atoms with Crippen LogP contribution in [0, 0.1) is 13.8 Å². The third-order valence-electron chi connectivity index (χ3n) is 4.15. The fraction of sp³-hybridized carbons (Fsp3) is 0.316. The van der Waals surface area contributed by atoms with Gasteiger partial charge in [0.1, 0.15) is 0 Å². The molecule has 2 aromatic rings. The summed E-state index contributed by atoms with van der Waals surface area (Å²) in [6.45, 7) is 5.97. The highest BCUT2D eigenvalue weighted by molar-refractivity contribution is 7.89. The first-order chi connectivity index (χ1) is 12.2. The molecule has 0 saturated carbocycles. The number of benzene rings is 2. The first kappa shape index (κ1) is 20.4. The van der Waals surface area contributed by atoms with Crippen LogP contribution < -0.4 is 4.90 Å². The second-order valence-electron chi connectivity index (χ2n) is 6.14. The first-order valence-corrected chi connectivity index (χ1v) is 10.1. The quantitative estimate of drug-likeness (QED) is 0.751. The van der Waals surface area contributed by atoms with E-state index in [1.807, 2.05) is 39.0 Å². The predicted octanol–water partition coefficient (Wildman–Crippen LogP) is 3.63. The van der Waals surface area contributed by atoms with E-state index in [2.05, 4.69) is 0 Å². The van der Waals surface area contributed by atoms with Gasteiger partial charge in [-0.3, -0.25) is 4.79 Å². The summed E-state index contributed by atoms with van der Waals surface area (Å²) in [5, 5.41) is 0.453. The summed E-state index contributed by atoms with van der Waals surface area (Å²) in [4.78, 5) is 14.5. The zero-order valence-electron chi connectivity index (χ0n) is 15.4. The van der Waals surface area contributed by atoms with Crippen molar-refractivity contribution in [2.45, 2.75) is 25.7 Å². The average molecular weight is 395 g/mol. The van der Waals surface area contributed by atoms with Crippen LogP contribution in [0.15, 0.2) is 47.4 Å². The third kappa shape index (κ3) is 4.44. The Hall–Kier alpha value is -1.89. The number of aryl methyl sites for hydroxylation is 2. The number of nitrogens with zero attached hydrogens (tertiary/aromatic N) is 2. The van der Waals surface area contributed by atoms with Gasteiger partial charge in [-0.2, -0.15) is 4.31 Å². The van der Waals surface area contributed by atoms with Gasteiger partial charge < -0.3 is 4.90 Å². The van der Waals surface area contributed by atoms with E-state index in [0.717, 1.165) is 21.1 Å².